The molecule has 0 aromatic heterocycles. The fourth-order valence-corrected chi connectivity index (χ4v) is 3.95. The van der Waals surface area contributed by atoms with Crippen LogP contribution < -0.4 is 5.73 Å². The van der Waals surface area contributed by atoms with Gasteiger partial charge >= 0.3 is 0 Å². The molecule has 0 aliphatic carbocycles. The highest BCUT2D eigenvalue weighted by atomic mass is 35.5. The van der Waals surface area contributed by atoms with Crippen LogP contribution in [0.5, 0.6) is 0 Å². The van der Waals surface area contributed by atoms with Gasteiger partial charge in [0.1, 0.15) is 4.90 Å². The first kappa shape index (κ1) is 14.7. The lowest BCUT2D eigenvalue weighted by Crippen LogP contribution is -2.37. The summed E-state index contributed by atoms with van der Waals surface area (Å²) in [7, 11) is -2.04. The van der Waals surface area contributed by atoms with Crippen molar-refractivity contribution in [3.05, 3.63) is 28.8 Å². The fourth-order valence-electron chi connectivity index (χ4n) is 2.04. The number of benzene rings is 1. The van der Waals surface area contributed by atoms with E-state index in [4.69, 9.17) is 22.1 Å². The predicted molar refractivity (Wildman–Crippen MR) is 73.5 cm³/mol. The lowest BCUT2D eigenvalue weighted by atomic mass is 10.2. The third kappa shape index (κ3) is 2.93. The molecule has 0 spiro atoms. The van der Waals surface area contributed by atoms with Gasteiger partial charge in [-0.3, -0.25) is 0 Å². The number of hydrogen-bond donors (Lipinski definition) is 1. The molecule has 1 unspecified atom stereocenters. The Labute approximate surface area is 118 Å². The summed E-state index contributed by atoms with van der Waals surface area (Å²) in [6.45, 7) is 1.34. The van der Waals surface area contributed by atoms with Crippen LogP contribution in [0.3, 0.4) is 0 Å². The molecule has 1 heterocycles. The summed E-state index contributed by atoms with van der Waals surface area (Å²) in [6, 6.07) is 4.65. The Balaban J connectivity index is 2.33. The third-order valence-corrected chi connectivity index (χ3v) is 5.70. The van der Waals surface area contributed by atoms with Gasteiger partial charge in [-0.1, -0.05) is 17.7 Å². The molecule has 0 bridgehead atoms. The van der Waals surface area contributed by atoms with Crippen LogP contribution in [0.15, 0.2) is 23.1 Å². The molecule has 1 aliphatic heterocycles. The van der Waals surface area contributed by atoms with Crippen LogP contribution in [-0.2, 0) is 21.3 Å². The van der Waals surface area contributed by atoms with E-state index in [0.29, 0.717) is 26.2 Å². The Morgan fingerprint density at radius 2 is 2.26 bits per heavy atom. The summed E-state index contributed by atoms with van der Waals surface area (Å²) in [4.78, 5) is 0.112. The van der Waals surface area contributed by atoms with Crippen molar-refractivity contribution in [2.75, 3.05) is 20.3 Å². The van der Waals surface area contributed by atoms with Gasteiger partial charge in [-0.25, -0.2) is 8.42 Å². The van der Waals surface area contributed by atoms with Crippen molar-refractivity contribution in [3.63, 3.8) is 0 Å². The zero-order valence-electron chi connectivity index (χ0n) is 10.7. The van der Waals surface area contributed by atoms with E-state index >= 15 is 0 Å². The Kier molecular flexibility index (Phi) is 4.47. The van der Waals surface area contributed by atoms with Crippen LogP contribution in [0.25, 0.3) is 0 Å². The maximum Gasteiger partial charge on any atom is 0.244 e. The largest absolute Gasteiger partial charge is 0.380 e. The van der Waals surface area contributed by atoms with Crippen molar-refractivity contribution in [1.29, 1.82) is 0 Å². The number of nitrogens with two attached hydrogens (primary N) is 1. The van der Waals surface area contributed by atoms with Crippen LogP contribution in [0.4, 0.5) is 0 Å². The Morgan fingerprint density at radius 1 is 1.53 bits per heavy atom. The number of sulfonamides is 1. The van der Waals surface area contributed by atoms with Crippen molar-refractivity contribution in [2.45, 2.75) is 23.9 Å². The second kappa shape index (κ2) is 5.76. The minimum absolute atomic E-state index is 0.112. The second-order valence-electron chi connectivity index (χ2n) is 4.51. The van der Waals surface area contributed by atoms with Gasteiger partial charge in [-0.2, -0.15) is 4.31 Å². The van der Waals surface area contributed by atoms with E-state index in [1.54, 1.807) is 19.2 Å². The highest BCUT2D eigenvalue weighted by Gasteiger charge is 2.31. The molecule has 1 atom stereocenters. The second-order valence-corrected chi connectivity index (χ2v) is 6.88. The predicted octanol–water partition coefficient (Wildman–Crippen LogP) is 1.21. The molecule has 1 saturated heterocycles. The van der Waals surface area contributed by atoms with E-state index in [1.165, 1.54) is 10.4 Å². The number of ether oxygens (including phenoxy) is 1. The van der Waals surface area contributed by atoms with E-state index in [0.717, 1.165) is 5.56 Å². The average Bonchev–Trinajstić information content (AvgIpc) is 2.90. The highest BCUT2D eigenvalue weighted by molar-refractivity contribution is 7.89. The Morgan fingerprint density at radius 3 is 2.79 bits per heavy atom. The highest BCUT2D eigenvalue weighted by Crippen LogP contribution is 2.27. The lowest BCUT2D eigenvalue weighted by Gasteiger charge is -2.23. The maximum absolute atomic E-state index is 12.5. The van der Waals surface area contributed by atoms with Gasteiger partial charge in [0.15, 0.2) is 0 Å². The third-order valence-electron chi connectivity index (χ3n) is 3.31. The molecule has 1 aliphatic rings. The van der Waals surface area contributed by atoms with Crippen LogP contribution in [0, 0.1) is 0 Å². The molecule has 19 heavy (non-hydrogen) atoms. The quantitative estimate of drug-likeness (QED) is 0.907. The molecular formula is C12H17ClN2O3S. The van der Waals surface area contributed by atoms with Gasteiger partial charge in [-0.15, -0.1) is 0 Å². The van der Waals surface area contributed by atoms with E-state index in [2.05, 4.69) is 0 Å². The summed E-state index contributed by atoms with van der Waals surface area (Å²) in [5.41, 5.74) is 6.30. The van der Waals surface area contributed by atoms with Crippen LogP contribution in [-0.4, -0.2) is 39.0 Å². The SMILES string of the molecule is CN(C1CCOC1)S(=O)(=O)c1ccc(CN)cc1Cl. The number of rotatable bonds is 4. The number of nitrogens with zero attached hydrogens (tertiary/aromatic N) is 1. The normalized spacial score (nSPS) is 20.1. The standard InChI is InChI=1S/C12H17ClN2O3S/c1-15(10-4-5-18-8-10)19(16,17)12-3-2-9(7-14)6-11(12)13/h2-3,6,10H,4-5,7-8,14H2,1H3. The van der Waals surface area contributed by atoms with Gasteiger partial charge in [0.25, 0.3) is 0 Å². The summed E-state index contributed by atoms with van der Waals surface area (Å²) in [6.07, 6.45) is 0.703. The lowest BCUT2D eigenvalue weighted by molar-refractivity contribution is 0.181. The number of likely N-dealkylation sites (N-methyl/N-ethyl adjacent to an activating group) is 1. The topological polar surface area (TPSA) is 72.6 Å². The summed E-state index contributed by atoms with van der Waals surface area (Å²) < 4.78 is 31.5. The van der Waals surface area contributed by atoms with E-state index < -0.39 is 10.0 Å². The molecule has 1 fully saturated rings. The molecule has 0 radical (unpaired) electrons. The van der Waals surface area contributed by atoms with Gasteiger partial charge in [-0.05, 0) is 24.1 Å². The Bertz CT molecular complexity index is 556. The first-order valence-electron chi connectivity index (χ1n) is 6.01. The van der Waals surface area contributed by atoms with Gasteiger partial charge in [0.05, 0.1) is 17.7 Å². The molecule has 0 saturated carbocycles. The molecule has 5 nitrogen and oxygen atoms in total. The van der Waals surface area contributed by atoms with Crippen molar-refractivity contribution in [1.82, 2.24) is 4.31 Å². The number of hydrogen-bond acceptors (Lipinski definition) is 4. The summed E-state index contributed by atoms with van der Waals surface area (Å²) >= 11 is 6.05. The van der Waals surface area contributed by atoms with Gasteiger partial charge < -0.3 is 10.5 Å². The summed E-state index contributed by atoms with van der Waals surface area (Å²) in [5, 5.41) is 0.203. The maximum atomic E-state index is 12.5. The van der Waals surface area contributed by atoms with Gasteiger partial charge in [0, 0.05) is 20.2 Å². The van der Waals surface area contributed by atoms with Crippen LogP contribution in [0.2, 0.25) is 5.02 Å². The zero-order valence-corrected chi connectivity index (χ0v) is 12.2. The smallest absolute Gasteiger partial charge is 0.244 e. The first-order valence-corrected chi connectivity index (χ1v) is 7.83. The minimum atomic E-state index is -3.60. The zero-order chi connectivity index (χ0) is 14.0. The molecule has 2 rings (SSSR count). The van der Waals surface area contributed by atoms with Crippen LogP contribution in [0.1, 0.15) is 12.0 Å². The summed E-state index contributed by atoms with van der Waals surface area (Å²) in [5.74, 6) is 0. The minimum Gasteiger partial charge on any atom is -0.380 e. The first-order chi connectivity index (χ1) is 8.96. The van der Waals surface area contributed by atoms with E-state index in [9.17, 15) is 8.42 Å². The molecule has 1 aromatic rings. The van der Waals surface area contributed by atoms with Crippen molar-refractivity contribution >= 4 is 21.6 Å². The fraction of sp³-hybridized carbons (Fsp3) is 0.500. The van der Waals surface area contributed by atoms with Gasteiger partial charge in [0.2, 0.25) is 10.0 Å². The monoisotopic (exact) mass is 304 g/mol. The van der Waals surface area contributed by atoms with E-state index in [1.807, 2.05) is 0 Å². The molecule has 0 amide bonds. The number of halogens is 1. The van der Waals surface area contributed by atoms with Crippen molar-refractivity contribution in [2.24, 2.45) is 5.73 Å². The molecular weight excluding hydrogens is 288 g/mol. The van der Waals surface area contributed by atoms with Crippen molar-refractivity contribution in [3.8, 4) is 0 Å². The molecule has 7 heteroatoms. The molecule has 2 N–H and O–H groups in total. The molecule has 1 aromatic carbocycles. The average molecular weight is 305 g/mol. The molecule has 106 valence electrons. The van der Waals surface area contributed by atoms with E-state index in [-0.39, 0.29) is 16.0 Å². The Hall–Kier alpha value is -0.660. The van der Waals surface area contributed by atoms with Crippen molar-refractivity contribution < 1.29 is 13.2 Å². The van der Waals surface area contributed by atoms with Crippen LogP contribution >= 0.6 is 11.6 Å².